The third-order valence-electron chi connectivity index (χ3n) is 1.39. The maximum atomic E-state index is 4.35. The molecule has 0 fully saturated rings. The highest BCUT2D eigenvalue weighted by Gasteiger charge is 1.90. The highest BCUT2D eigenvalue weighted by molar-refractivity contribution is 7.84. The maximum absolute atomic E-state index is 4.35. The summed E-state index contributed by atoms with van der Waals surface area (Å²) >= 11 is 4.35. The van der Waals surface area contributed by atoms with Gasteiger partial charge in [-0.15, -0.1) is 12.6 Å². The zero-order chi connectivity index (χ0) is 8.69. The van der Waals surface area contributed by atoms with E-state index < -0.39 is 0 Å². The van der Waals surface area contributed by atoms with Gasteiger partial charge in [0.25, 0.3) is 0 Å². The number of rotatable bonds is 4. The molecule has 0 spiro atoms. The van der Waals surface area contributed by atoms with Crippen LogP contribution in [0.1, 0.15) is 33.6 Å². The molecule has 0 heterocycles. The first-order chi connectivity index (χ1) is 5.16. The number of allylic oxidation sites excluding steroid dienone is 4. The van der Waals surface area contributed by atoms with E-state index in [1.165, 1.54) is 4.91 Å². The Morgan fingerprint density at radius 2 is 2.09 bits per heavy atom. The smallest absolute Gasteiger partial charge is 0.00431 e. The van der Waals surface area contributed by atoms with Crippen molar-refractivity contribution in [2.45, 2.75) is 33.6 Å². The molecule has 0 aliphatic carbocycles. The summed E-state index contributed by atoms with van der Waals surface area (Å²) in [5.41, 5.74) is 0. The molecule has 64 valence electrons. The molecule has 0 bridgehead atoms. The molecular weight excluding hydrogens is 152 g/mol. The molecule has 0 N–H and O–H groups in total. The Morgan fingerprint density at radius 1 is 1.45 bits per heavy atom. The van der Waals surface area contributed by atoms with Crippen molar-refractivity contribution in [1.29, 1.82) is 0 Å². The average molecular weight is 170 g/mol. The third kappa shape index (κ3) is 7.73. The van der Waals surface area contributed by atoms with Gasteiger partial charge < -0.3 is 0 Å². The second-order valence-corrected chi connectivity index (χ2v) is 3.67. The van der Waals surface area contributed by atoms with Crippen molar-refractivity contribution in [3.05, 3.63) is 23.1 Å². The Hall–Kier alpha value is -0.170. The van der Waals surface area contributed by atoms with Crippen molar-refractivity contribution in [3.63, 3.8) is 0 Å². The molecule has 0 radical (unpaired) electrons. The summed E-state index contributed by atoms with van der Waals surface area (Å²) in [5.74, 6) is 0.739. The van der Waals surface area contributed by atoms with Crippen LogP contribution in [-0.4, -0.2) is 0 Å². The fraction of sp³-hybridized carbons (Fsp3) is 0.600. The highest BCUT2D eigenvalue weighted by Crippen LogP contribution is 2.11. The monoisotopic (exact) mass is 170 g/mol. The molecule has 0 aromatic carbocycles. The van der Waals surface area contributed by atoms with Crippen LogP contribution in [0.25, 0.3) is 0 Å². The number of hydrogen-bond acceptors (Lipinski definition) is 1. The van der Waals surface area contributed by atoms with E-state index in [0.717, 1.165) is 18.8 Å². The molecule has 1 heteroatoms. The Kier molecular flexibility index (Phi) is 6.43. The third-order valence-corrected chi connectivity index (χ3v) is 1.75. The summed E-state index contributed by atoms with van der Waals surface area (Å²) in [6.45, 7) is 6.46. The fourth-order valence-corrected chi connectivity index (χ4v) is 0.904. The van der Waals surface area contributed by atoms with Gasteiger partial charge in [-0.05, 0) is 30.6 Å². The number of thiol groups is 1. The van der Waals surface area contributed by atoms with Gasteiger partial charge in [0.2, 0.25) is 0 Å². The molecule has 0 nitrogen and oxygen atoms in total. The van der Waals surface area contributed by atoms with Crippen molar-refractivity contribution >= 4 is 12.6 Å². The van der Waals surface area contributed by atoms with Gasteiger partial charge >= 0.3 is 0 Å². The van der Waals surface area contributed by atoms with Crippen LogP contribution in [0.2, 0.25) is 0 Å². The van der Waals surface area contributed by atoms with Gasteiger partial charge in [0.05, 0.1) is 0 Å². The van der Waals surface area contributed by atoms with E-state index in [1.54, 1.807) is 0 Å². The van der Waals surface area contributed by atoms with E-state index in [9.17, 15) is 0 Å². The SMILES string of the molecule is CC=CC/C(S)=C/CC(C)C. The lowest BCUT2D eigenvalue weighted by Gasteiger charge is -1.99. The van der Waals surface area contributed by atoms with Crippen molar-refractivity contribution in [3.8, 4) is 0 Å². The molecule has 0 saturated carbocycles. The molecule has 0 aromatic heterocycles. The maximum Gasteiger partial charge on any atom is -0.00431 e. The van der Waals surface area contributed by atoms with E-state index in [-0.39, 0.29) is 0 Å². The average Bonchev–Trinajstić information content (AvgIpc) is 1.97. The molecule has 0 amide bonds. The van der Waals surface area contributed by atoms with Crippen LogP contribution in [0.15, 0.2) is 23.1 Å². The summed E-state index contributed by atoms with van der Waals surface area (Å²) in [6, 6.07) is 0. The van der Waals surface area contributed by atoms with E-state index in [2.05, 4.69) is 44.7 Å². The van der Waals surface area contributed by atoms with E-state index in [0.29, 0.717) is 0 Å². The van der Waals surface area contributed by atoms with Gasteiger partial charge in [-0.2, -0.15) is 0 Å². The van der Waals surface area contributed by atoms with Crippen LogP contribution >= 0.6 is 12.6 Å². The van der Waals surface area contributed by atoms with Crippen LogP contribution in [0.5, 0.6) is 0 Å². The van der Waals surface area contributed by atoms with Gasteiger partial charge in [-0.3, -0.25) is 0 Å². The molecule has 0 aromatic rings. The zero-order valence-corrected chi connectivity index (χ0v) is 8.57. The van der Waals surface area contributed by atoms with Crippen molar-refractivity contribution in [2.24, 2.45) is 5.92 Å². The van der Waals surface area contributed by atoms with E-state index >= 15 is 0 Å². The van der Waals surface area contributed by atoms with E-state index in [1.807, 2.05) is 6.92 Å². The van der Waals surface area contributed by atoms with Crippen molar-refractivity contribution in [1.82, 2.24) is 0 Å². The van der Waals surface area contributed by atoms with E-state index in [4.69, 9.17) is 0 Å². The second kappa shape index (κ2) is 6.53. The molecule has 0 atom stereocenters. The van der Waals surface area contributed by atoms with Crippen LogP contribution in [-0.2, 0) is 0 Å². The Balaban J connectivity index is 3.62. The minimum atomic E-state index is 0.739. The van der Waals surface area contributed by atoms with Crippen LogP contribution < -0.4 is 0 Å². The first-order valence-corrected chi connectivity index (χ1v) is 4.60. The van der Waals surface area contributed by atoms with Gasteiger partial charge in [0.1, 0.15) is 0 Å². The topological polar surface area (TPSA) is 0 Å². The molecule has 11 heavy (non-hydrogen) atoms. The molecule has 0 aliphatic rings. The molecule has 0 saturated heterocycles. The van der Waals surface area contributed by atoms with Gasteiger partial charge in [-0.1, -0.05) is 32.1 Å². The quantitative estimate of drug-likeness (QED) is 0.481. The minimum absolute atomic E-state index is 0.739. The fourth-order valence-electron chi connectivity index (χ4n) is 0.694. The van der Waals surface area contributed by atoms with Crippen molar-refractivity contribution < 1.29 is 0 Å². The van der Waals surface area contributed by atoms with Crippen LogP contribution in [0.4, 0.5) is 0 Å². The lowest BCUT2D eigenvalue weighted by Crippen LogP contribution is -1.82. The highest BCUT2D eigenvalue weighted by atomic mass is 32.1. The van der Waals surface area contributed by atoms with Gasteiger partial charge in [0.15, 0.2) is 0 Å². The normalized spacial score (nSPS) is 13.4. The van der Waals surface area contributed by atoms with Crippen molar-refractivity contribution in [2.75, 3.05) is 0 Å². The van der Waals surface area contributed by atoms with Crippen LogP contribution in [0, 0.1) is 5.92 Å². The standard InChI is InChI=1S/C10H18S/c1-4-5-6-10(11)8-7-9(2)3/h4-5,8-9,11H,6-7H2,1-3H3/b5-4?,10-8-. The molecular formula is C10H18S. The summed E-state index contributed by atoms with van der Waals surface area (Å²) in [6.07, 6.45) is 8.50. The Bertz CT molecular complexity index is 143. The first-order valence-electron chi connectivity index (χ1n) is 4.16. The van der Waals surface area contributed by atoms with Gasteiger partial charge in [-0.25, -0.2) is 0 Å². The summed E-state index contributed by atoms with van der Waals surface area (Å²) in [7, 11) is 0. The Morgan fingerprint density at radius 3 is 2.55 bits per heavy atom. The number of hydrogen-bond donors (Lipinski definition) is 1. The van der Waals surface area contributed by atoms with Crippen LogP contribution in [0.3, 0.4) is 0 Å². The predicted molar refractivity (Wildman–Crippen MR) is 56.0 cm³/mol. The minimum Gasteiger partial charge on any atom is -0.148 e. The molecule has 0 rings (SSSR count). The predicted octanol–water partition coefficient (Wildman–Crippen LogP) is 3.81. The largest absolute Gasteiger partial charge is 0.148 e. The molecule has 0 unspecified atom stereocenters. The first kappa shape index (κ1) is 10.8. The summed E-state index contributed by atoms with van der Waals surface area (Å²) in [4.78, 5) is 1.18. The lowest BCUT2D eigenvalue weighted by molar-refractivity contribution is 0.662. The lowest BCUT2D eigenvalue weighted by atomic mass is 10.1. The summed E-state index contributed by atoms with van der Waals surface area (Å²) < 4.78 is 0. The molecule has 0 aliphatic heterocycles. The zero-order valence-electron chi connectivity index (χ0n) is 7.67. The Labute approximate surface area is 75.8 Å². The summed E-state index contributed by atoms with van der Waals surface area (Å²) in [5, 5.41) is 0. The van der Waals surface area contributed by atoms with Gasteiger partial charge in [0, 0.05) is 0 Å². The second-order valence-electron chi connectivity index (χ2n) is 3.10.